The zero-order valence-corrected chi connectivity index (χ0v) is 8.52. The van der Waals surface area contributed by atoms with Gasteiger partial charge in [-0.3, -0.25) is 4.40 Å². The highest BCUT2D eigenvalue weighted by molar-refractivity contribution is 5.62. The first kappa shape index (κ1) is 8.93. The van der Waals surface area contributed by atoms with E-state index in [9.17, 15) is 0 Å². The van der Waals surface area contributed by atoms with Crippen LogP contribution in [0.1, 0.15) is 19.7 Å². The van der Waals surface area contributed by atoms with E-state index < -0.39 is 0 Å². The highest BCUT2D eigenvalue weighted by Crippen LogP contribution is 2.12. The van der Waals surface area contributed by atoms with E-state index >= 15 is 0 Å². The summed E-state index contributed by atoms with van der Waals surface area (Å²) >= 11 is 0. The molecule has 2 aromatic rings. The topological polar surface area (TPSA) is 55.1 Å². The molecule has 2 rings (SSSR count). The molecule has 14 heavy (non-hydrogen) atoms. The van der Waals surface area contributed by atoms with Crippen LogP contribution in [0, 0.1) is 6.92 Å². The average molecular weight is 191 g/mol. The molecular weight excluding hydrogens is 178 g/mol. The normalized spacial score (nSPS) is 11.1. The predicted molar refractivity (Wildman–Crippen MR) is 54.3 cm³/mol. The first-order valence-corrected chi connectivity index (χ1v) is 4.61. The molecule has 0 aliphatic carbocycles. The van der Waals surface area contributed by atoms with E-state index in [4.69, 9.17) is 0 Å². The summed E-state index contributed by atoms with van der Waals surface area (Å²) in [6.07, 6.45) is 3.60. The average Bonchev–Trinajstić information content (AvgIpc) is 2.49. The van der Waals surface area contributed by atoms with Crippen LogP contribution >= 0.6 is 0 Å². The van der Waals surface area contributed by atoms with E-state index in [-0.39, 0.29) is 0 Å². The van der Waals surface area contributed by atoms with Crippen molar-refractivity contribution in [2.75, 3.05) is 5.32 Å². The number of anilines is 1. The van der Waals surface area contributed by atoms with E-state index in [1.807, 2.05) is 17.5 Å². The van der Waals surface area contributed by atoms with Crippen LogP contribution in [-0.2, 0) is 0 Å². The first-order chi connectivity index (χ1) is 6.68. The molecule has 1 N–H and O–H groups in total. The molecule has 0 spiro atoms. The third-order valence-electron chi connectivity index (χ3n) is 1.92. The molecule has 0 aliphatic rings. The van der Waals surface area contributed by atoms with Gasteiger partial charge in [-0.15, -0.1) is 10.2 Å². The maximum Gasteiger partial charge on any atom is 0.203 e. The molecule has 0 amide bonds. The standard InChI is InChI=1S/C9H13N5/c1-6(2)11-8-9-13-12-7(3)14(9)5-4-10-8/h4-6H,1-3H3,(H,10,11). The Bertz CT molecular complexity index is 445. The molecule has 5 nitrogen and oxygen atoms in total. The maximum absolute atomic E-state index is 4.23. The van der Waals surface area contributed by atoms with E-state index in [0.29, 0.717) is 6.04 Å². The van der Waals surface area contributed by atoms with Gasteiger partial charge in [0, 0.05) is 18.4 Å². The maximum atomic E-state index is 4.23. The lowest BCUT2D eigenvalue weighted by atomic mass is 10.4. The summed E-state index contributed by atoms with van der Waals surface area (Å²) in [5.74, 6) is 1.65. The van der Waals surface area contributed by atoms with Crippen molar-refractivity contribution in [3.8, 4) is 0 Å². The Balaban J connectivity index is 2.54. The van der Waals surface area contributed by atoms with Gasteiger partial charge in [0.15, 0.2) is 5.82 Å². The molecule has 2 heterocycles. The Morgan fingerprint density at radius 2 is 2.14 bits per heavy atom. The lowest BCUT2D eigenvalue weighted by Crippen LogP contribution is -2.12. The third-order valence-corrected chi connectivity index (χ3v) is 1.92. The third kappa shape index (κ3) is 1.41. The molecule has 0 saturated carbocycles. The number of nitrogens with zero attached hydrogens (tertiary/aromatic N) is 4. The fourth-order valence-electron chi connectivity index (χ4n) is 1.32. The van der Waals surface area contributed by atoms with Crippen molar-refractivity contribution < 1.29 is 0 Å². The Kier molecular flexibility index (Phi) is 2.07. The number of fused-ring (bicyclic) bond motifs is 1. The van der Waals surface area contributed by atoms with Crippen molar-refractivity contribution >= 4 is 11.5 Å². The Morgan fingerprint density at radius 1 is 1.36 bits per heavy atom. The van der Waals surface area contributed by atoms with E-state index in [1.165, 1.54) is 0 Å². The highest BCUT2D eigenvalue weighted by Gasteiger charge is 2.07. The van der Waals surface area contributed by atoms with Crippen LogP contribution in [0.15, 0.2) is 12.4 Å². The number of aromatic nitrogens is 4. The second-order valence-electron chi connectivity index (χ2n) is 3.52. The monoisotopic (exact) mass is 191 g/mol. The fourth-order valence-corrected chi connectivity index (χ4v) is 1.32. The summed E-state index contributed by atoms with van der Waals surface area (Å²) in [5, 5.41) is 11.3. The number of hydrogen-bond acceptors (Lipinski definition) is 4. The van der Waals surface area contributed by atoms with Crippen molar-refractivity contribution in [1.82, 2.24) is 19.6 Å². The second kappa shape index (κ2) is 3.25. The second-order valence-corrected chi connectivity index (χ2v) is 3.52. The molecule has 0 unspecified atom stereocenters. The summed E-state index contributed by atoms with van der Waals surface area (Å²) in [5.41, 5.74) is 0.777. The number of aryl methyl sites for hydroxylation is 1. The van der Waals surface area contributed by atoms with Crippen molar-refractivity contribution in [3.63, 3.8) is 0 Å². The minimum atomic E-state index is 0.339. The van der Waals surface area contributed by atoms with Gasteiger partial charge in [0.2, 0.25) is 5.65 Å². The van der Waals surface area contributed by atoms with Gasteiger partial charge in [0.25, 0.3) is 0 Å². The summed E-state index contributed by atoms with van der Waals surface area (Å²) in [7, 11) is 0. The van der Waals surface area contributed by atoms with Gasteiger partial charge >= 0.3 is 0 Å². The molecule has 0 fully saturated rings. The first-order valence-electron chi connectivity index (χ1n) is 4.61. The largest absolute Gasteiger partial charge is 0.365 e. The molecule has 0 bridgehead atoms. The minimum Gasteiger partial charge on any atom is -0.365 e. The molecule has 0 aliphatic heterocycles. The lowest BCUT2D eigenvalue weighted by Gasteiger charge is -2.08. The zero-order chi connectivity index (χ0) is 10.1. The summed E-state index contributed by atoms with van der Waals surface area (Å²) in [4.78, 5) is 4.23. The molecule has 2 aromatic heterocycles. The number of rotatable bonds is 2. The van der Waals surface area contributed by atoms with Crippen LogP contribution in [0.3, 0.4) is 0 Å². The van der Waals surface area contributed by atoms with Crippen LogP contribution in [0.4, 0.5) is 5.82 Å². The zero-order valence-electron chi connectivity index (χ0n) is 8.52. The van der Waals surface area contributed by atoms with Gasteiger partial charge in [-0.25, -0.2) is 4.98 Å². The molecule has 0 atom stereocenters. The van der Waals surface area contributed by atoms with E-state index in [1.54, 1.807) is 6.20 Å². The molecule has 0 saturated heterocycles. The minimum absolute atomic E-state index is 0.339. The summed E-state index contributed by atoms with van der Waals surface area (Å²) in [6.45, 7) is 6.04. The van der Waals surface area contributed by atoms with Crippen LogP contribution < -0.4 is 5.32 Å². The highest BCUT2D eigenvalue weighted by atomic mass is 15.3. The van der Waals surface area contributed by atoms with Crippen LogP contribution in [0.5, 0.6) is 0 Å². The van der Waals surface area contributed by atoms with Gasteiger partial charge in [0.1, 0.15) is 5.82 Å². The van der Waals surface area contributed by atoms with Crippen LogP contribution in [0.2, 0.25) is 0 Å². The summed E-state index contributed by atoms with van der Waals surface area (Å²) in [6, 6.07) is 0.339. The Morgan fingerprint density at radius 3 is 2.86 bits per heavy atom. The van der Waals surface area contributed by atoms with Gasteiger partial charge in [-0.1, -0.05) is 0 Å². The van der Waals surface area contributed by atoms with Gasteiger partial charge in [0.05, 0.1) is 0 Å². The van der Waals surface area contributed by atoms with Crippen molar-refractivity contribution in [1.29, 1.82) is 0 Å². The number of nitrogens with one attached hydrogen (secondary N) is 1. The van der Waals surface area contributed by atoms with Gasteiger partial charge in [-0.2, -0.15) is 0 Å². The SMILES string of the molecule is Cc1nnc2c(NC(C)C)nccn12. The van der Waals surface area contributed by atoms with Crippen LogP contribution in [0.25, 0.3) is 5.65 Å². The fraction of sp³-hybridized carbons (Fsp3) is 0.444. The van der Waals surface area contributed by atoms with E-state index in [0.717, 1.165) is 17.3 Å². The molecular formula is C9H13N5. The van der Waals surface area contributed by atoms with Gasteiger partial charge < -0.3 is 5.32 Å². The van der Waals surface area contributed by atoms with Crippen molar-refractivity contribution in [2.24, 2.45) is 0 Å². The van der Waals surface area contributed by atoms with E-state index in [2.05, 4.69) is 34.3 Å². The van der Waals surface area contributed by atoms with Gasteiger partial charge in [-0.05, 0) is 20.8 Å². The van der Waals surface area contributed by atoms with Crippen molar-refractivity contribution in [3.05, 3.63) is 18.2 Å². The predicted octanol–water partition coefficient (Wildman–Crippen LogP) is 1.25. The number of hydrogen-bond donors (Lipinski definition) is 1. The molecule has 0 radical (unpaired) electrons. The Hall–Kier alpha value is -1.65. The quantitative estimate of drug-likeness (QED) is 0.776. The Labute approximate surface area is 82.2 Å². The molecule has 5 heteroatoms. The summed E-state index contributed by atoms with van der Waals surface area (Å²) < 4.78 is 1.91. The van der Waals surface area contributed by atoms with Crippen LogP contribution in [-0.4, -0.2) is 25.6 Å². The van der Waals surface area contributed by atoms with Crippen molar-refractivity contribution in [2.45, 2.75) is 26.8 Å². The molecule has 0 aromatic carbocycles. The molecule has 74 valence electrons. The smallest absolute Gasteiger partial charge is 0.203 e. The lowest BCUT2D eigenvalue weighted by molar-refractivity contribution is 0.885.